The molecule has 1 amide bonds. The molecular formula is C20H23NO2. The molecule has 120 valence electrons. The summed E-state index contributed by atoms with van der Waals surface area (Å²) in [6.07, 6.45) is 1.76. The second-order valence-corrected chi connectivity index (χ2v) is 6.14. The fraction of sp³-hybridized carbons (Fsp3) is 0.350. The summed E-state index contributed by atoms with van der Waals surface area (Å²) in [5, 5.41) is 9.27. The molecule has 23 heavy (non-hydrogen) atoms. The van der Waals surface area contributed by atoms with Gasteiger partial charge in [-0.25, -0.2) is 0 Å². The van der Waals surface area contributed by atoms with Crippen molar-refractivity contribution < 1.29 is 9.90 Å². The van der Waals surface area contributed by atoms with Crippen LogP contribution in [0.4, 0.5) is 0 Å². The van der Waals surface area contributed by atoms with Gasteiger partial charge in [0.1, 0.15) is 0 Å². The number of hydrogen-bond donors (Lipinski definition) is 1. The smallest absolute Gasteiger partial charge is 0.226 e. The Morgan fingerprint density at radius 2 is 1.65 bits per heavy atom. The Bertz CT molecular complexity index is 627. The summed E-state index contributed by atoms with van der Waals surface area (Å²) in [6, 6.07) is 20.4. The third kappa shape index (κ3) is 3.99. The van der Waals surface area contributed by atoms with Gasteiger partial charge in [0.15, 0.2) is 0 Å². The largest absolute Gasteiger partial charge is 0.395 e. The Labute approximate surface area is 137 Å². The molecule has 2 aromatic rings. The molecule has 1 aliphatic rings. The first-order chi connectivity index (χ1) is 11.3. The monoisotopic (exact) mass is 309 g/mol. The highest BCUT2D eigenvalue weighted by atomic mass is 16.3. The van der Waals surface area contributed by atoms with Crippen LogP contribution >= 0.6 is 0 Å². The van der Waals surface area contributed by atoms with Crippen LogP contribution in [0, 0.1) is 5.92 Å². The lowest BCUT2D eigenvalue weighted by molar-refractivity contribution is -0.133. The van der Waals surface area contributed by atoms with Crippen LogP contribution in [0.15, 0.2) is 60.7 Å². The van der Waals surface area contributed by atoms with E-state index < -0.39 is 0 Å². The summed E-state index contributed by atoms with van der Waals surface area (Å²) < 4.78 is 0. The number of carbonyl (C=O) groups excluding carboxylic acids is 1. The molecule has 0 saturated heterocycles. The van der Waals surface area contributed by atoms with Gasteiger partial charge in [-0.1, -0.05) is 60.7 Å². The van der Waals surface area contributed by atoms with E-state index in [1.165, 1.54) is 11.1 Å². The predicted octanol–water partition coefficient (Wildman–Crippen LogP) is 2.85. The predicted molar refractivity (Wildman–Crippen MR) is 91.1 cm³/mol. The third-order valence-electron chi connectivity index (χ3n) is 4.53. The minimum Gasteiger partial charge on any atom is -0.395 e. The number of rotatable bonds is 7. The number of aliphatic hydroxyl groups excluding tert-OH is 1. The van der Waals surface area contributed by atoms with E-state index >= 15 is 0 Å². The number of aliphatic hydroxyl groups is 1. The lowest BCUT2D eigenvalue weighted by atomic mass is 10.1. The molecule has 0 spiro atoms. The van der Waals surface area contributed by atoms with Crippen LogP contribution in [0.5, 0.6) is 0 Å². The molecule has 2 unspecified atom stereocenters. The molecule has 1 fully saturated rings. The summed E-state index contributed by atoms with van der Waals surface area (Å²) in [7, 11) is 0. The highest BCUT2D eigenvalue weighted by molar-refractivity contribution is 5.83. The van der Waals surface area contributed by atoms with E-state index in [1.54, 1.807) is 0 Å². The van der Waals surface area contributed by atoms with E-state index in [-0.39, 0.29) is 18.4 Å². The van der Waals surface area contributed by atoms with Gasteiger partial charge < -0.3 is 10.0 Å². The van der Waals surface area contributed by atoms with Crippen molar-refractivity contribution in [3.63, 3.8) is 0 Å². The molecule has 2 aromatic carbocycles. The van der Waals surface area contributed by atoms with Crippen LogP contribution in [0.2, 0.25) is 0 Å². The zero-order chi connectivity index (χ0) is 16.1. The number of nitrogens with zero attached hydrogens (tertiary/aromatic N) is 1. The molecular weight excluding hydrogens is 286 g/mol. The number of hydrogen-bond acceptors (Lipinski definition) is 2. The molecule has 3 heteroatoms. The van der Waals surface area contributed by atoms with Gasteiger partial charge in [0, 0.05) is 19.0 Å². The Morgan fingerprint density at radius 1 is 1.00 bits per heavy atom. The van der Waals surface area contributed by atoms with Crippen LogP contribution in [0.1, 0.15) is 23.5 Å². The topological polar surface area (TPSA) is 40.5 Å². The molecule has 3 nitrogen and oxygen atoms in total. The van der Waals surface area contributed by atoms with Gasteiger partial charge in [0.2, 0.25) is 5.91 Å². The summed E-state index contributed by atoms with van der Waals surface area (Å²) in [6.45, 7) is 1.11. The van der Waals surface area contributed by atoms with E-state index in [2.05, 4.69) is 24.3 Å². The highest BCUT2D eigenvalue weighted by Gasteiger charge is 2.45. The Morgan fingerprint density at radius 3 is 2.30 bits per heavy atom. The van der Waals surface area contributed by atoms with E-state index in [0.717, 1.165) is 12.8 Å². The fourth-order valence-corrected chi connectivity index (χ4v) is 3.13. The maximum atomic E-state index is 12.7. The average molecular weight is 309 g/mol. The molecule has 0 bridgehead atoms. The van der Waals surface area contributed by atoms with Crippen molar-refractivity contribution in [2.24, 2.45) is 5.92 Å². The van der Waals surface area contributed by atoms with E-state index in [1.807, 2.05) is 41.3 Å². The Hall–Kier alpha value is -2.13. The number of amides is 1. The second kappa shape index (κ2) is 7.42. The first-order valence-corrected chi connectivity index (χ1v) is 8.28. The number of benzene rings is 2. The summed E-state index contributed by atoms with van der Waals surface area (Å²) in [5.41, 5.74) is 2.47. The molecule has 1 saturated carbocycles. The molecule has 0 heterocycles. The first kappa shape index (κ1) is 15.8. The van der Waals surface area contributed by atoms with Crippen molar-refractivity contribution in [3.8, 4) is 0 Å². The van der Waals surface area contributed by atoms with Crippen LogP contribution in [-0.2, 0) is 11.2 Å². The molecule has 3 rings (SSSR count). The third-order valence-corrected chi connectivity index (χ3v) is 4.53. The highest BCUT2D eigenvalue weighted by Crippen LogP contribution is 2.48. The molecule has 1 aliphatic carbocycles. The van der Waals surface area contributed by atoms with Crippen LogP contribution in [0.25, 0.3) is 0 Å². The minimum absolute atomic E-state index is 0.0171. The van der Waals surface area contributed by atoms with Gasteiger partial charge >= 0.3 is 0 Å². The Balaban J connectivity index is 1.59. The summed E-state index contributed by atoms with van der Waals surface area (Å²) in [5.74, 6) is 0.616. The maximum absolute atomic E-state index is 12.7. The molecule has 2 atom stereocenters. The maximum Gasteiger partial charge on any atom is 0.226 e. The molecule has 0 aliphatic heterocycles. The summed E-state index contributed by atoms with van der Waals surface area (Å²) in [4.78, 5) is 14.5. The van der Waals surface area contributed by atoms with Crippen molar-refractivity contribution in [1.82, 2.24) is 4.90 Å². The van der Waals surface area contributed by atoms with Gasteiger partial charge in [-0.15, -0.1) is 0 Å². The molecule has 0 radical (unpaired) electrons. The lowest BCUT2D eigenvalue weighted by Crippen LogP contribution is -2.36. The van der Waals surface area contributed by atoms with Gasteiger partial charge in [0.25, 0.3) is 0 Å². The van der Waals surface area contributed by atoms with E-state index in [9.17, 15) is 9.90 Å². The summed E-state index contributed by atoms with van der Waals surface area (Å²) >= 11 is 0. The van der Waals surface area contributed by atoms with Gasteiger partial charge in [-0.3, -0.25) is 4.79 Å². The SMILES string of the molecule is O=C(C1CC1c1ccccc1)N(CCO)CCc1ccccc1. The quantitative estimate of drug-likeness (QED) is 0.854. The van der Waals surface area contributed by atoms with Crippen LogP contribution in [-0.4, -0.2) is 35.6 Å². The first-order valence-electron chi connectivity index (χ1n) is 8.28. The van der Waals surface area contributed by atoms with Crippen LogP contribution < -0.4 is 0 Å². The fourth-order valence-electron chi connectivity index (χ4n) is 3.13. The number of carbonyl (C=O) groups is 1. The minimum atomic E-state index is 0.0171. The van der Waals surface area contributed by atoms with E-state index in [4.69, 9.17) is 0 Å². The standard InChI is InChI=1S/C20H23NO2/c22-14-13-21(12-11-16-7-3-1-4-8-16)20(23)19-15-18(19)17-9-5-2-6-10-17/h1-10,18-19,22H,11-15H2. The van der Waals surface area contributed by atoms with Gasteiger partial charge in [-0.05, 0) is 29.9 Å². The van der Waals surface area contributed by atoms with Crippen molar-refractivity contribution >= 4 is 5.91 Å². The lowest BCUT2D eigenvalue weighted by Gasteiger charge is -2.22. The van der Waals surface area contributed by atoms with Gasteiger partial charge in [-0.2, -0.15) is 0 Å². The average Bonchev–Trinajstić information content (AvgIpc) is 3.40. The van der Waals surface area contributed by atoms with Crippen molar-refractivity contribution in [2.75, 3.05) is 19.7 Å². The normalized spacial score (nSPS) is 19.3. The molecule has 1 N–H and O–H groups in total. The van der Waals surface area contributed by atoms with Crippen molar-refractivity contribution in [3.05, 3.63) is 71.8 Å². The van der Waals surface area contributed by atoms with Crippen LogP contribution in [0.3, 0.4) is 0 Å². The van der Waals surface area contributed by atoms with Crippen molar-refractivity contribution in [1.29, 1.82) is 0 Å². The zero-order valence-electron chi connectivity index (χ0n) is 13.3. The van der Waals surface area contributed by atoms with Crippen molar-refractivity contribution in [2.45, 2.75) is 18.8 Å². The molecule has 0 aromatic heterocycles. The Kier molecular flexibility index (Phi) is 5.09. The second-order valence-electron chi connectivity index (χ2n) is 6.14. The van der Waals surface area contributed by atoms with E-state index in [0.29, 0.717) is 19.0 Å². The zero-order valence-corrected chi connectivity index (χ0v) is 13.3. The van der Waals surface area contributed by atoms with Gasteiger partial charge in [0.05, 0.1) is 6.61 Å².